The second-order valence-corrected chi connectivity index (χ2v) is 5.69. The van der Waals surface area contributed by atoms with Crippen molar-refractivity contribution in [2.24, 2.45) is 0 Å². The summed E-state index contributed by atoms with van der Waals surface area (Å²) in [7, 11) is 2.19. The second-order valence-electron chi connectivity index (χ2n) is 5.69. The summed E-state index contributed by atoms with van der Waals surface area (Å²) in [5.41, 5.74) is 0.118. The van der Waals surface area contributed by atoms with E-state index in [9.17, 15) is 15.0 Å². The number of hydrogen-bond acceptors (Lipinski definition) is 4. The summed E-state index contributed by atoms with van der Waals surface area (Å²) in [4.78, 5) is 13.6. The van der Waals surface area contributed by atoms with Crippen LogP contribution in [-0.2, 0) is 0 Å². The fraction of sp³-hybridized carbons (Fsp3) is 0.533. The van der Waals surface area contributed by atoms with Crippen LogP contribution in [0.15, 0.2) is 24.3 Å². The van der Waals surface area contributed by atoms with Gasteiger partial charge in [-0.25, -0.2) is 0 Å². The lowest BCUT2D eigenvalue weighted by Gasteiger charge is -2.28. The highest BCUT2D eigenvalue weighted by molar-refractivity contribution is 5.85. The van der Waals surface area contributed by atoms with Crippen molar-refractivity contribution in [3.8, 4) is 5.75 Å². The first-order valence-corrected chi connectivity index (χ1v) is 7.31. The molecular formula is C15H23N2O4+. The molecule has 1 saturated heterocycles. The molecule has 6 nitrogen and oxygen atoms in total. The van der Waals surface area contributed by atoms with E-state index in [1.165, 1.54) is 21.9 Å². The molecule has 1 aromatic rings. The lowest BCUT2D eigenvalue weighted by Crippen LogP contribution is -3.27. The SMILES string of the molecule is C[NH+]1CC[NH+](C[C@@H](O)COc2ccc(C(=O)[O-])cc2)CC1. The van der Waals surface area contributed by atoms with Crippen LogP contribution in [-0.4, -0.2) is 63.6 Å². The normalized spacial score (nSPS) is 23.5. The summed E-state index contributed by atoms with van der Waals surface area (Å²) in [6.45, 7) is 5.31. The van der Waals surface area contributed by atoms with Crippen molar-refractivity contribution >= 4 is 5.97 Å². The smallest absolute Gasteiger partial charge is 0.137 e. The van der Waals surface area contributed by atoms with Crippen molar-refractivity contribution in [3.63, 3.8) is 0 Å². The number of aliphatic hydroxyl groups excluding tert-OH is 1. The van der Waals surface area contributed by atoms with Gasteiger partial charge in [-0.15, -0.1) is 0 Å². The predicted molar refractivity (Wildman–Crippen MR) is 74.5 cm³/mol. The number of piperazine rings is 1. The second kappa shape index (κ2) is 7.40. The van der Waals surface area contributed by atoms with Gasteiger partial charge < -0.3 is 29.5 Å². The number of ether oxygens (including phenoxy) is 1. The van der Waals surface area contributed by atoms with E-state index in [1.54, 1.807) is 12.1 Å². The molecule has 1 aromatic carbocycles. The number of benzene rings is 1. The molecule has 0 bridgehead atoms. The van der Waals surface area contributed by atoms with Crippen LogP contribution in [0.4, 0.5) is 0 Å². The Morgan fingerprint density at radius 2 is 1.90 bits per heavy atom. The zero-order valence-corrected chi connectivity index (χ0v) is 12.3. The minimum atomic E-state index is -1.21. The molecule has 1 aliphatic rings. The van der Waals surface area contributed by atoms with E-state index in [1.807, 2.05) is 0 Å². The van der Waals surface area contributed by atoms with Crippen LogP contribution < -0.4 is 19.6 Å². The van der Waals surface area contributed by atoms with Crippen molar-refractivity contribution in [1.29, 1.82) is 0 Å². The molecule has 0 aliphatic carbocycles. The first-order valence-electron chi connectivity index (χ1n) is 7.31. The van der Waals surface area contributed by atoms with Crippen LogP contribution in [0.5, 0.6) is 5.75 Å². The minimum Gasteiger partial charge on any atom is -0.545 e. The molecule has 6 heteroatoms. The number of aliphatic hydroxyl groups is 1. The van der Waals surface area contributed by atoms with Crippen molar-refractivity contribution in [1.82, 2.24) is 0 Å². The fourth-order valence-electron chi connectivity index (χ4n) is 2.51. The lowest BCUT2D eigenvalue weighted by molar-refractivity contribution is -1.00. The molecule has 21 heavy (non-hydrogen) atoms. The quantitative estimate of drug-likeness (QED) is 0.503. The van der Waals surface area contributed by atoms with Gasteiger partial charge in [0.05, 0.1) is 13.0 Å². The van der Waals surface area contributed by atoms with Crippen LogP contribution in [0.2, 0.25) is 0 Å². The van der Waals surface area contributed by atoms with Gasteiger partial charge in [-0.05, 0) is 29.8 Å². The summed E-state index contributed by atoms with van der Waals surface area (Å²) >= 11 is 0. The molecule has 0 spiro atoms. The Morgan fingerprint density at radius 3 is 2.48 bits per heavy atom. The van der Waals surface area contributed by atoms with E-state index in [4.69, 9.17) is 4.74 Å². The van der Waals surface area contributed by atoms with Gasteiger partial charge >= 0.3 is 0 Å². The maximum atomic E-state index is 10.6. The summed E-state index contributed by atoms with van der Waals surface area (Å²) in [5.74, 6) is -0.653. The van der Waals surface area contributed by atoms with Gasteiger partial charge in [0.25, 0.3) is 0 Å². The Labute approximate surface area is 124 Å². The number of nitrogens with one attached hydrogen (secondary N) is 2. The fourth-order valence-corrected chi connectivity index (χ4v) is 2.51. The number of aromatic carboxylic acids is 1. The zero-order valence-electron chi connectivity index (χ0n) is 12.3. The van der Waals surface area contributed by atoms with Gasteiger partial charge in [-0.2, -0.15) is 0 Å². The van der Waals surface area contributed by atoms with Gasteiger partial charge in [0.1, 0.15) is 51.2 Å². The molecule has 3 N–H and O–H groups in total. The van der Waals surface area contributed by atoms with Gasteiger partial charge in [-0.3, -0.25) is 0 Å². The molecule has 0 unspecified atom stereocenters. The Bertz CT molecular complexity index is 455. The molecule has 0 aromatic heterocycles. The molecular weight excluding hydrogens is 272 g/mol. The first kappa shape index (κ1) is 15.8. The number of likely N-dealkylation sites (N-methyl/N-ethyl adjacent to an activating group) is 1. The summed E-state index contributed by atoms with van der Waals surface area (Å²) in [5, 5.41) is 20.6. The lowest BCUT2D eigenvalue weighted by atomic mass is 10.2. The average Bonchev–Trinajstić information content (AvgIpc) is 2.48. The third-order valence-electron chi connectivity index (χ3n) is 3.87. The summed E-state index contributed by atoms with van der Waals surface area (Å²) < 4.78 is 5.48. The third-order valence-corrected chi connectivity index (χ3v) is 3.87. The number of carboxylic acids is 1. The number of hydrogen-bond donors (Lipinski definition) is 3. The highest BCUT2D eigenvalue weighted by atomic mass is 16.5. The van der Waals surface area contributed by atoms with Crippen LogP contribution in [0, 0.1) is 0 Å². The van der Waals surface area contributed by atoms with Crippen LogP contribution in [0.25, 0.3) is 0 Å². The molecule has 2 rings (SSSR count). The predicted octanol–water partition coefficient (Wildman–Crippen LogP) is -3.80. The van der Waals surface area contributed by atoms with E-state index in [0.29, 0.717) is 12.3 Å². The van der Waals surface area contributed by atoms with Crippen LogP contribution in [0.1, 0.15) is 10.4 Å². The molecule has 1 fully saturated rings. The van der Waals surface area contributed by atoms with Gasteiger partial charge in [0, 0.05) is 0 Å². The number of carbonyl (C=O) groups excluding carboxylic acids is 1. The molecule has 1 heterocycles. The summed E-state index contributed by atoms with van der Waals surface area (Å²) in [6.07, 6.45) is -0.515. The molecule has 0 saturated carbocycles. The van der Waals surface area contributed by atoms with Crippen LogP contribution >= 0.6 is 0 Å². The van der Waals surface area contributed by atoms with Crippen LogP contribution in [0.3, 0.4) is 0 Å². The van der Waals surface area contributed by atoms with Crippen molar-refractivity contribution in [2.75, 3.05) is 46.4 Å². The van der Waals surface area contributed by atoms with Crippen molar-refractivity contribution < 1.29 is 29.5 Å². The number of rotatable bonds is 6. The molecule has 0 radical (unpaired) electrons. The standard InChI is InChI=1S/C15H22N2O4/c1-16-6-8-17(9-7-16)10-13(18)11-21-14-4-2-12(3-5-14)15(19)20/h2-5,13,18H,6-11H2,1H3,(H,19,20)/p+1/t13-/m1/s1. The zero-order chi connectivity index (χ0) is 15.2. The number of quaternary nitrogens is 2. The van der Waals surface area contributed by atoms with E-state index >= 15 is 0 Å². The van der Waals surface area contributed by atoms with Gasteiger partial charge in [0.15, 0.2) is 0 Å². The van der Waals surface area contributed by atoms with Gasteiger partial charge in [-0.1, -0.05) is 0 Å². The first-order chi connectivity index (χ1) is 10.0. The molecule has 1 aliphatic heterocycles. The highest BCUT2D eigenvalue weighted by Crippen LogP contribution is 2.11. The van der Waals surface area contributed by atoms with E-state index in [-0.39, 0.29) is 12.2 Å². The van der Waals surface area contributed by atoms with Crippen molar-refractivity contribution in [3.05, 3.63) is 29.8 Å². The Hall–Kier alpha value is -1.63. The van der Waals surface area contributed by atoms with E-state index < -0.39 is 12.1 Å². The van der Waals surface area contributed by atoms with Gasteiger partial charge in [0.2, 0.25) is 0 Å². The number of carbonyl (C=O) groups is 1. The maximum absolute atomic E-state index is 10.6. The Balaban J connectivity index is 1.73. The summed E-state index contributed by atoms with van der Waals surface area (Å²) in [6, 6.07) is 6.02. The molecule has 1 atom stereocenters. The van der Waals surface area contributed by atoms with E-state index in [0.717, 1.165) is 26.2 Å². The molecule has 0 amide bonds. The Morgan fingerprint density at radius 1 is 1.29 bits per heavy atom. The van der Waals surface area contributed by atoms with Crippen molar-refractivity contribution in [2.45, 2.75) is 6.10 Å². The third kappa shape index (κ3) is 5.00. The topological polar surface area (TPSA) is 78.5 Å². The maximum Gasteiger partial charge on any atom is 0.137 e. The highest BCUT2D eigenvalue weighted by Gasteiger charge is 2.22. The van der Waals surface area contributed by atoms with E-state index in [2.05, 4.69) is 7.05 Å². The Kier molecular flexibility index (Phi) is 5.55. The molecule has 116 valence electrons. The largest absolute Gasteiger partial charge is 0.545 e. The minimum absolute atomic E-state index is 0.118. The average molecular weight is 295 g/mol. The number of carboxylic acid groups (broad SMARTS) is 1. The monoisotopic (exact) mass is 295 g/mol.